The fourth-order valence-electron chi connectivity index (χ4n) is 5.05. The lowest BCUT2D eigenvalue weighted by Gasteiger charge is -2.26. The summed E-state index contributed by atoms with van der Waals surface area (Å²) in [5.74, 6) is 1.72. The Kier molecular flexibility index (Phi) is 6.01. The molecule has 1 aliphatic carbocycles. The summed E-state index contributed by atoms with van der Waals surface area (Å²) >= 11 is 0. The third-order valence-electron chi connectivity index (χ3n) is 7.04. The van der Waals surface area contributed by atoms with Crippen LogP contribution in [0.1, 0.15) is 49.7 Å². The molecule has 0 aromatic heterocycles. The van der Waals surface area contributed by atoms with E-state index in [0.717, 1.165) is 39.8 Å². The highest BCUT2D eigenvalue weighted by Gasteiger charge is 2.24. The number of alkyl halides is 3. The van der Waals surface area contributed by atoms with Crippen LogP contribution < -0.4 is 0 Å². The molecule has 4 aromatic rings. The minimum Gasteiger partial charge on any atom is -0.205 e. The number of hydrogen-bond acceptors (Lipinski definition) is 0. The van der Waals surface area contributed by atoms with E-state index in [1.54, 1.807) is 18.1 Å². The Labute approximate surface area is 200 Å². The molecular weight excluding hydrogens is 455 g/mol. The van der Waals surface area contributed by atoms with Crippen LogP contribution in [0.5, 0.6) is 0 Å². The highest BCUT2D eigenvalue weighted by Crippen LogP contribution is 2.37. The first-order chi connectivity index (χ1) is 16.7. The fraction of sp³-hybridized carbons (Fsp3) is 0.267. The number of fused-ring (bicyclic) bond motifs is 2. The van der Waals surface area contributed by atoms with Gasteiger partial charge in [-0.2, -0.15) is 13.2 Å². The topological polar surface area (TPSA) is 0 Å². The van der Waals surface area contributed by atoms with Crippen LogP contribution in [0.15, 0.2) is 60.7 Å². The van der Waals surface area contributed by atoms with Gasteiger partial charge in [0.25, 0.3) is 0 Å². The Morgan fingerprint density at radius 2 is 1.37 bits per heavy atom. The van der Waals surface area contributed by atoms with Gasteiger partial charge in [-0.1, -0.05) is 68.2 Å². The Morgan fingerprint density at radius 1 is 0.743 bits per heavy atom. The summed E-state index contributed by atoms with van der Waals surface area (Å²) in [4.78, 5) is 0. The van der Waals surface area contributed by atoms with Crippen LogP contribution in [0.25, 0.3) is 32.7 Å². The Balaban J connectivity index is 1.48. The predicted octanol–water partition coefficient (Wildman–Crippen LogP) is 9.15. The van der Waals surface area contributed by atoms with Crippen molar-refractivity contribution < 1.29 is 22.0 Å². The van der Waals surface area contributed by atoms with Gasteiger partial charge >= 0.3 is 6.18 Å². The molecular formula is C30H23F5. The second-order valence-corrected chi connectivity index (χ2v) is 9.51. The van der Waals surface area contributed by atoms with Crippen molar-refractivity contribution in [3.8, 4) is 23.0 Å². The van der Waals surface area contributed by atoms with E-state index in [9.17, 15) is 22.0 Å². The van der Waals surface area contributed by atoms with Gasteiger partial charge in [0.05, 0.1) is 5.56 Å². The zero-order valence-corrected chi connectivity index (χ0v) is 19.1. The van der Waals surface area contributed by atoms with Crippen LogP contribution in [0.2, 0.25) is 0 Å². The molecule has 0 amide bonds. The van der Waals surface area contributed by atoms with E-state index in [-0.39, 0.29) is 10.8 Å². The zero-order chi connectivity index (χ0) is 24.7. The van der Waals surface area contributed by atoms with Crippen LogP contribution in [-0.2, 0) is 0 Å². The molecule has 0 heterocycles. The van der Waals surface area contributed by atoms with Crippen molar-refractivity contribution in [2.75, 3.05) is 0 Å². The smallest absolute Gasteiger partial charge is 0.205 e. The summed E-state index contributed by atoms with van der Waals surface area (Å²) in [6.45, 7) is 2.31. The van der Waals surface area contributed by atoms with Gasteiger partial charge in [-0.3, -0.25) is 0 Å². The Morgan fingerprint density at radius 3 is 2.09 bits per heavy atom. The molecule has 0 aliphatic heterocycles. The van der Waals surface area contributed by atoms with Gasteiger partial charge in [0, 0.05) is 11.3 Å². The van der Waals surface area contributed by atoms with Crippen molar-refractivity contribution in [1.29, 1.82) is 0 Å². The molecule has 5 heteroatoms. The summed E-state index contributed by atoms with van der Waals surface area (Å²) in [6.07, 6.45) is 0.142. The van der Waals surface area contributed by atoms with Crippen molar-refractivity contribution in [2.24, 2.45) is 5.92 Å². The van der Waals surface area contributed by atoms with Crippen molar-refractivity contribution in [2.45, 2.75) is 44.7 Å². The molecule has 0 radical (unpaired) electrons. The summed E-state index contributed by atoms with van der Waals surface area (Å²) in [7, 11) is 0. The highest BCUT2D eigenvalue weighted by molar-refractivity contribution is 5.92. The van der Waals surface area contributed by atoms with Gasteiger partial charge in [0.15, 0.2) is 0 Å². The third kappa shape index (κ3) is 4.89. The highest BCUT2D eigenvalue weighted by atomic mass is 19.4. The van der Waals surface area contributed by atoms with E-state index in [0.29, 0.717) is 5.92 Å². The van der Waals surface area contributed by atoms with E-state index < -0.39 is 23.4 Å². The average Bonchev–Trinajstić information content (AvgIpc) is 2.82. The third-order valence-corrected chi connectivity index (χ3v) is 7.04. The molecule has 0 spiro atoms. The lowest BCUT2D eigenvalue weighted by molar-refractivity contribution is -0.0696. The summed E-state index contributed by atoms with van der Waals surface area (Å²) in [6, 6.07) is 18.5. The first-order valence-electron chi connectivity index (χ1n) is 11.7. The molecule has 0 bridgehead atoms. The van der Waals surface area contributed by atoms with Crippen molar-refractivity contribution in [3.63, 3.8) is 0 Å². The maximum Gasteiger partial charge on any atom is 0.458 e. The molecule has 35 heavy (non-hydrogen) atoms. The second-order valence-electron chi connectivity index (χ2n) is 9.51. The van der Waals surface area contributed by atoms with E-state index >= 15 is 0 Å². The molecule has 0 N–H and O–H groups in total. The number of benzene rings is 4. The molecule has 0 atom stereocenters. The van der Waals surface area contributed by atoms with Crippen LogP contribution >= 0.6 is 0 Å². The second kappa shape index (κ2) is 9.00. The fourth-order valence-corrected chi connectivity index (χ4v) is 5.05. The van der Waals surface area contributed by atoms with Gasteiger partial charge in [0.1, 0.15) is 11.6 Å². The Bertz CT molecular complexity index is 1480. The monoisotopic (exact) mass is 478 g/mol. The lowest BCUT2D eigenvalue weighted by atomic mass is 9.79. The quantitative estimate of drug-likeness (QED) is 0.199. The number of halogens is 5. The maximum absolute atomic E-state index is 14.8. The number of rotatable bonds is 2. The van der Waals surface area contributed by atoms with Crippen LogP contribution in [0.4, 0.5) is 22.0 Å². The van der Waals surface area contributed by atoms with Gasteiger partial charge in [-0.05, 0) is 75.7 Å². The van der Waals surface area contributed by atoms with E-state index in [4.69, 9.17) is 0 Å². The molecule has 0 saturated heterocycles. The summed E-state index contributed by atoms with van der Waals surface area (Å²) < 4.78 is 66.3. The molecule has 1 saturated carbocycles. The average molecular weight is 479 g/mol. The molecule has 5 rings (SSSR count). The maximum atomic E-state index is 14.8. The van der Waals surface area contributed by atoms with E-state index in [2.05, 4.69) is 31.2 Å². The molecule has 4 aromatic carbocycles. The van der Waals surface area contributed by atoms with Gasteiger partial charge in [-0.15, -0.1) is 0 Å². The molecule has 0 unspecified atom stereocenters. The van der Waals surface area contributed by atoms with Crippen molar-refractivity contribution >= 4 is 21.5 Å². The van der Waals surface area contributed by atoms with Crippen LogP contribution in [0, 0.1) is 29.4 Å². The largest absolute Gasteiger partial charge is 0.458 e. The Hall–Kier alpha value is -3.39. The molecule has 0 nitrogen and oxygen atoms in total. The zero-order valence-electron chi connectivity index (χ0n) is 19.1. The summed E-state index contributed by atoms with van der Waals surface area (Å²) in [5, 5.41) is 2.51. The molecule has 1 aliphatic rings. The minimum atomic E-state index is -4.83. The number of hydrogen-bond donors (Lipinski definition) is 0. The van der Waals surface area contributed by atoms with E-state index in [1.807, 2.05) is 12.1 Å². The normalized spacial score (nSPS) is 18.5. The SMILES string of the molecule is CC1CCC(c2ccc3cc(-c4ccc5c(F)c(C#CC(F)(F)F)c(F)cc5c4)ccc3c2)CC1. The van der Waals surface area contributed by atoms with Crippen LogP contribution in [0.3, 0.4) is 0 Å². The molecule has 178 valence electrons. The first kappa shape index (κ1) is 23.4. The first-order valence-corrected chi connectivity index (χ1v) is 11.7. The van der Waals surface area contributed by atoms with Gasteiger partial charge < -0.3 is 0 Å². The van der Waals surface area contributed by atoms with Gasteiger partial charge in [0.2, 0.25) is 0 Å². The minimum absolute atomic E-state index is 0.0221. The van der Waals surface area contributed by atoms with Crippen molar-refractivity contribution in [1.82, 2.24) is 0 Å². The molecule has 1 fully saturated rings. The van der Waals surface area contributed by atoms with E-state index in [1.165, 1.54) is 37.3 Å². The van der Waals surface area contributed by atoms with Crippen molar-refractivity contribution in [3.05, 3.63) is 83.4 Å². The predicted molar refractivity (Wildman–Crippen MR) is 130 cm³/mol. The summed E-state index contributed by atoms with van der Waals surface area (Å²) in [5.41, 5.74) is 2.15. The van der Waals surface area contributed by atoms with Crippen LogP contribution in [-0.4, -0.2) is 6.18 Å². The standard InChI is InChI=1S/C30H23F5/c1-18-2-4-19(5-3-18)20-6-7-22-15-23(9-8-21(22)14-20)24-10-11-26-25(16-24)17-28(31)27(29(26)32)12-13-30(33,34)35/h6-11,14-19H,2-5H2,1H3. The lowest BCUT2D eigenvalue weighted by Crippen LogP contribution is -2.10. The van der Waals surface area contributed by atoms with Gasteiger partial charge in [-0.25, -0.2) is 8.78 Å².